The van der Waals surface area contributed by atoms with Gasteiger partial charge in [-0.3, -0.25) is 4.79 Å². The van der Waals surface area contributed by atoms with E-state index < -0.39 is 16.1 Å². The summed E-state index contributed by atoms with van der Waals surface area (Å²) < 4.78 is 23.7. The van der Waals surface area contributed by atoms with E-state index in [1.165, 1.54) is 10.6 Å². The maximum absolute atomic E-state index is 11.9. The second-order valence-electron chi connectivity index (χ2n) is 4.83. The highest BCUT2D eigenvalue weighted by Crippen LogP contribution is 2.15. The van der Waals surface area contributed by atoms with Gasteiger partial charge in [-0.2, -0.15) is 0 Å². The molecule has 1 saturated heterocycles. The van der Waals surface area contributed by atoms with Gasteiger partial charge in [0.2, 0.25) is 15.9 Å². The summed E-state index contributed by atoms with van der Waals surface area (Å²) in [5.74, 6) is 1.74. The number of carbonyl (C=O) groups is 1. The number of nitrogens with zero attached hydrogens (tertiary/aromatic N) is 2. The molecule has 1 amide bonds. The molecule has 1 rings (SSSR count). The van der Waals surface area contributed by atoms with Crippen molar-refractivity contribution in [3.63, 3.8) is 0 Å². The van der Waals surface area contributed by atoms with Crippen LogP contribution in [0.5, 0.6) is 0 Å². The van der Waals surface area contributed by atoms with Crippen molar-refractivity contribution in [3.05, 3.63) is 0 Å². The molecule has 1 atom stereocenters. The van der Waals surface area contributed by atoms with E-state index in [9.17, 15) is 13.2 Å². The van der Waals surface area contributed by atoms with E-state index in [4.69, 9.17) is 5.73 Å². The van der Waals surface area contributed by atoms with E-state index in [0.717, 1.165) is 31.0 Å². The maximum atomic E-state index is 11.9. The molecular formula is C11H23N3O3S2. The molecule has 2 N–H and O–H groups in total. The van der Waals surface area contributed by atoms with Gasteiger partial charge in [0.1, 0.15) is 0 Å². The summed E-state index contributed by atoms with van der Waals surface area (Å²) in [6.07, 6.45) is 3.28. The van der Waals surface area contributed by atoms with Crippen LogP contribution in [0.4, 0.5) is 0 Å². The Bertz CT molecular complexity index is 394. The van der Waals surface area contributed by atoms with E-state index >= 15 is 0 Å². The van der Waals surface area contributed by atoms with Crippen molar-refractivity contribution in [3.8, 4) is 0 Å². The van der Waals surface area contributed by atoms with Gasteiger partial charge in [0.25, 0.3) is 0 Å². The molecule has 1 aliphatic rings. The zero-order chi connectivity index (χ0) is 14.5. The lowest BCUT2D eigenvalue weighted by Gasteiger charge is -2.20. The second-order valence-corrected chi connectivity index (χ2v) is 7.99. The van der Waals surface area contributed by atoms with E-state index in [1.807, 2.05) is 0 Å². The summed E-state index contributed by atoms with van der Waals surface area (Å²) >= 11 is 1.74. The predicted octanol–water partition coefficient (Wildman–Crippen LogP) is -0.0917. The third kappa shape index (κ3) is 5.68. The molecule has 19 heavy (non-hydrogen) atoms. The molecule has 0 aromatic rings. The largest absolute Gasteiger partial charge is 0.331 e. The minimum absolute atomic E-state index is 0.0152. The first-order valence-electron chi connectivity index (χ1n) is 6.36. The van der Waals surface area contributed by atoms with Crippen LogP contribution >= 0.6 is 11.8 Å². The molecule has 0 aromatic carbocycles. The van der Waals surface area contributed by atoms with Crippen molar-refractivity contribution in [1.82, 2.24) is 9.21 Å². The Morgan fingerprint density at radius 3 is 2.68 bits per heavy atom. The van der Waals surface area contributed by atoms with Crippen LogP contribution in [-0.2, 0) is 14.8 Å². The van der Waals surface area contributed by atoms with Gasteiger partial charge in [-0.05, 0) is 12.8 Å². The fraction of sp³-hybridized carbons (Fsp3) is 0.909. The lowest BCUT2D eigenvalue weighted by atomic mass is 10.1. The van der Waals surface area contributed by atoms with Crippen molar-refractivity contribution < 1.29 is 13.2 Å². The van der Waals surface area contributed by atoms with Crippen molar-refractivity contribution in [2.75, 3.05) is 38.0 Å². The Hall–Kier alpha value is -0.310. The Morgan fingerprint density at radius 2 is 2.16 bits per heavy atom. The number of unbranched alkanes of at least 4 members (excludes halogenated alkanes) is 1. The summed E-state index contributed by atoms with van der Waals surface area (Å²) in [6.45, 7) is 1.26. The number of nitrogens with two attached hydrogens (primary N) is 1. The van der Waals surface area contributed by atoms with Gasteiger partial charge in [-0.15, -0.1) is 11.8 Å². The van der Waals surface area contributed by atoms with Gasteiger partial charge in [0.05, 0.1) is 18.2 Å². The molecule has 0 aromatic heterocycles. The van der Waals surface area contributed by atoms with Gasteiger partial charge < -0.3 is 10.6 Å². The lowest BCUT2D eigenvalue weighted by Crippen LogP contribution is -2.42. The highest BCUT2D eigenvalue weighted by molar-refractivity contribution is 7.99. The molecule has 1 fully saturated rings. The molecule has 0 aliphatic carbocycles. The summed E-state index contributed by atoms with van der Waals surface area (Å²) in [4.78, 5) is 13.7. The fourth-order valence-corrected chi connectivity index (χ4v) is 3.23. The van der Waals surface area contributed by atoms with Crippen molar-refractivity contribution in [1.29, 1.82) is 0 Å². The molecule has 0 saturated carbocycles. The molecule has 8 heteroatoms. The quantitative estimate of drug-likeness (QED) is 0.664. The lowest BCUT2D eigenvalue weighted by molar-refractivity contribution is -0.131. The first kappa shape index (κ1) is 16.7. The Balaban J connectivity index is 2.20. The summed E-state index contributed by atoms with van der Waals surface area (Å²) in [6, 6.07) is -0.456. The average Bonchev–Trinajstić information content (AvgIpc) is 2.85. The van der Waals surface area contributed by atoms with Gasteiger partial charge >= 0.3 is 0 Å². The molecule has 0 bridgehead atoms. The van der Waals surface area contributed by atoms with Gasteiger partial charge in [0.15, 0.2) is 0 Å². The van der Waals surface area contributed by atoms with E-state index in [2.05, 4.69) is 0 Å². The number of hydrogen-bond donors (Lipinski definition) is 1. The minimum atomic E-state index is -3.11. The molecule has 1 aliphatic heterocycles. The fourth-order valence-electron chi connectivity index (χ4n) is 1.81. The number of sulfonamides is 1. The number of carbonyl (C=O) groups excluding carboxylic acids is 1. The Morgan fingerprint density at radius 1 is 1.47 bits per heavy atom. The first-order chi connectivity index (χ1) is 8.82. The van der Waals surface area contributed by atoms with Crippen LogP contribution in [0, 0.1) is 0 Å². The maximum Gasteiger partial charge on any atom is 0.240 e. The van der Waals surface area contributed by atoms with Crippen molar-refractivity contribution >= 4 is 27.7 Å². The third-order valence-electron chi connectivity index (χ3n) is 3.19. The van der Waals surface area contributed by atoms with Crippen molar-refractivity contribution in [2.45, 2.75) is 25.3 Å². The standard InChI is InChI=1S/C11H23N3O3S2/c1-13(19(2,16)17)6-4-3-5-10(12)11(15)14-7-8-18-9-14/h10H,3-9,12H2,1-2H3/t10-/m0/s1. The molecular weight excluding hydrogens is 286 g/mol. The molecule has 1 heterocycles. The van der Waals surface area contributed by atoms with Crippen LogP contribution in [0.25, 0.3) is 0 Å². The molecule has 0 unspecified atom stereocenters. The highest BCUT2D eigenvalue weighted by Gasteiger charge is 2.23. The van der Waals surface area contributed by atoms with Crippen LogP contribution in [0.1, 0.15) is 19.3 Å². The van der Waals surface area contributed by atoms with Crippen molar-refractivity contribution in [2.24, 2.45) is 5.73 Å². The number of hydrogen-bond acceptors (Lipinski definition) is 5. The zero-order valence-electron chi connectivity index (χ0n) is 11.5. The zero-order valence-corrected chi connectivity index (χ0v) is 13.2. The van der Waals surface area contributed by atoms with Crippen LogP contribution < -0.4 is 5.73 Å². The minimum Gasteiger partial charge on any atom is -0.331 e. The summed E-state index contributed by atoms with van der Waals surface area (Å²) in [5, 5.41) is 0. The molecule has 112 valence electrons. The van der Waals surface area contributed by atoms with Gasteiger partial charge in [-0.25, -0.2) is 12.7 Å². The molecule has 6 nitrogen and oxygen atoms in total. The second kappa shape index (κ2) is 7.47. The van der Waals surface area contributed by atoms with Crippen LogP contribution in [0.2, 0.25) is 0 Å². The molecule has 0 radical (unpaired) electrons. The van der Waals surface area contributed by atoms with E-state index in [-0.39, 0.29) is 5.91 Å². The van der Waals surface area contributed by atoms with Gasteiger partial charge in [0, 0.05) is 25.9 Å². The highest BCUT2D eigenvalue weighted by atomic mass is 32.2. The number of amides is 1. The molecule has 0 spiro atoms. The van der Waals surface area contributed by atoms with Crippen LogP contribution in [0.3, 0.4) is 0 Å². The van der Waals surface area contributed by atoms with E-state index in [0.29, 0.717) is 13.0 Å². The normalized spacial score (nSPS) is 18.0. The monoisotopic (exact) mass is 309 g/mol. The topological polar surface area (TPSA) is 83.7 Å². The SMILES string of the molecule is CN(CCCC[C@H](N)C(=O)N1CCSC1)S(C)(=O)=O. The Kier molecular flexibility index (Phi) is 6.58. The smallest absolute Gasteiger partial charge is 0.240 e. The average molecular weight is 309 g/mol. The third-order valence-corrected chi connectivity index (χ3v) is 5.47. The predicted molar refractivity (Wildman–Crippen MR) is 78.3 cm³/mol. The van der Waals surface area contributed by atoms with Crippen LogP contribution in [-0.4, -0.2) is 67.6 Å². The summed E-state index contributed by atoms with van der Waals surface area (Å²) in [5.41, 5.74) is 5.87. The summed E-state index contributed by atoms with van der Waals surface area (Å²) in [7, 11) is -1.55. The van der Waals surface area contributed by atoms with E-state index in [1.54, 1.807) is 23.7 Å². The van der Waals surface area contributed by atoms with Gasteiger partial charge in [-0.1, -0.05) is 6.42 Å². The first-order valence-corrected chi connectivity index (χ1v) is 9.36. The number of thioether (sulfide) groups is 1. The number of rotatable bonds is 7. The Labute approximate surface area is 119 Å². The van der Waals surface area contributed by atoms with Crippen LogP contribution in [0.15, 0.2) is 0 Å².